The lowest BCUT2D eigenvalue weighted by molar-refractivity contribution is -0.133. The fraction of sp³-hybridized carbons (Fsp3) is 0.350. The zero-order valence-corrected chi connectivity index (χ0v) is 14.2. The van der Waals surface area contributed by atoms with E-state index in [1.807, 2.05) is 47.4 Å². The highest BCUT2D eigenvalue weighted by molar-refractivity contribution is 6.30. The van der Waals surface area contributed by atoms with Crippen LogP contribution in [0, 0.1) is 0 Å². The summed E-state index contributed by atoms with van der Waals surface area (Å²) in [6, 6.07) is 18.0. The van der Waals surface area contributed by atoms with Crippen LogP contribution in [0.25, 0.3) is 0 Å². The Balaban J connectivity index is 1.56. The highest BCUT2D eigenvalue weighted by atomic mass is 35.5. The summed E-state index contributed by atoms with van der Waals surface area (Å²) in [6.45, 7) is 1.33. The van der Waals surface area contributed by atoms with E-state index in [-0.39, 0.29) is 23.3 Å². The second-order valence-electron chi connectivity index (χ2n) is 6.98. The number of nitrogens with two attached hydrogens (primary N) is 1. The highest BCUT2D eigenvalue weighted by Crippen LogP contribution is 2.50. The van der Waals surface area contributed by atoms with Crippen molar-refractivity contribution in [1.29, 1.82) is 0 Å². The van der Waals surface area contributed by atoms with Gasteiger partial charge in [-0.05, 0) is 36.1 Å². The van der Waals surface area contributed by atoms with Crippen LogP contribution in [0.2, 0.25) is 5.02 Å². The molecule has 24 heavy (non-hydrogen) atoms. The zero-order valence-electron chi connectivity index (χ0n) is 13.5. The van der Waals surface area contributed by atoms with Crippen LogP contribution in [0.5, 0.6) is 0 Å². The summed E-state index contributed by atoms with van der Waals surface area (Å²) in [7, 11) is 0. The molecule has 124 valence electrons. The molecular weight excluding hydrogens is 320 g/mol. The Morgan fingerprint density at radius 3 is 2.50 bits per heavy atom. The van der Waals surface area contributed by atoms with Gasteiger partial charge in [0.1, 0.15) is 0 Å². The van der Waals surface area contributed by atoms with Crippen LogP contribution in [-0.2, 0) is 10.2 Å². The first-order valence-corrected chi connectivity index (χ1v) is 8.84. The fourth-order valence-electron chi connectivity index (χ4n) is 3.89. The molecule has 1 saturated heterocycles. The summed E-state index contributed by atoms with van der Waals surface area (Å²) in [5.74, 6) is 0.420. The SMILES string of the molecule is N[C@@H]1CN(C(=O)C2(c3cccc(Cl)c3)CC2)C[C@H]1c1ccccc1. The molecule has 0 unspecified atom stereocenters. The Bertz CT molecular complexity index is 757. The quantitative estimate of drug-likeness (QED) is 0.931. The smallest absolute Gasteiger partial charge is 0.233 e. The van der Waals surface area contributed by atoms with Gasteiger partial charge in [-0.1, -0.05) is 54.1 Å². The minimum Gasteiger partial charge on any atom is -0.340 e. The highest BCUT2D eigenvalue weighted by Gasteiger charge is 2.54. The van der Waals surface area contributed by atoms with Crippen molar-refractivity contribution in [3.63, 3.8) is 0 Å². The molecule has 1 amide bonds. The molecule has 2 N–H and O–H groups in total. The largest absolute Gasteiger partial charge is 0.340 e. The topological polar surface area (TPSA) is 46.3 Å². The van der Waals surface area contributed by atoms with Crippen molar-refractivity contribution >= 4 is 17.5 Å². The third-order valence-electron chi connectivity index (χ3n) is 5.42. The van der Waals surface area contributed by atoms with Gasteiger partial charge in [-0.25, -0.2) is 0 Å². The van der Waals surface area contributed by atoms with Gasteiger partial charge in [-0.3, -0.25) is 4.79 Å². The minimum atomic E-state index is -0.379. The predicted octanol–water partition coefficient (Wildman–Crippen LogP) is 3.32. The number of carbonyl (C=O) groups is 1. The van der Waals surface area contributed by atoms with Gasteiger partial charge in [0, 0.05) is 30.1 Å². The minimum absolute atomic E-state index is 0.00786. The zero-order chi connectivity index (χ0) is 16.7. The van der Waals surface area contributed by atoms with Crippen LogP contribution in [0.15, 0.2) is 54.6 Å². The molecule has 3 nitrogen and oxygen atoms in total. The molecule has 0 bridgehead atoms. The van der Waals surface area contributed by atoms with Gasteiger partial charge in [-0.15, -0.1) is 0 Å². The second-order valence-corrected chi connectivity index (χ2v) is 7.42. The third-order valence-corrected chi connectivity index (χ3v) is 5.65. The maximum atomic E-state index is 13.2. The van der Waals surface area contributed by atoms with E-state index in [0.717, 1.165) is 18.4 Å². The van der Waals surface area contributed by atoms with Crippen molar-refractivity contribution in [2.75, 3.05) is 13.1 Å². The van der Waals surface area contributed by atoms with Crippen molar-refractivity contribution in [3.05, 3.63) is 70.7 Å². The van der Waals surface area contributed by atoms with Crippen molar-refractivity contribution in [3.8, 4) is 0 Å². The van der Waals surface area contributed by atoms with E-state index < -0.39 is 0 Å². The molecule has 0 radical (unpaired) electrons. The Labute approximate surface area is 147 Å². The molecule has 1 aliphatic carbocycles. The van der Waals surface area contributed by atoms with Gasteiger partial charge in [0.15, 0.2) is 0 Å². The van der Waals surface area contributed by atoms with Crippen molar-refractivity contribution in [2.24, 2.45) is 5.73 Å². The van der Waals surface area contributed by atoms with E-state index >= 15 is 0 Å². The molecule has 4 rings (SSSR count). The number of carbonyl (C=O) groups excluding carboxylic acids is 1. The lowest BCUT2D eigenvalue weighted by atomic mass is 9.94. The number of hydrogen-bond acceptors (Lipinski definition) is 2. The van der Waals surface area contributed by atoms with E-state index in [4.69, 9.17) is 17.3 Å². The van der Waals surface area contributed by atoms with E-state index in [2.05, 4.69) is 12.1 Å². The van der Waals surface area contributed by atoms with Crippen molar-refractivity contribution in [2.45, 2.75) is 30.2 Å². The van der Waals surface area contributed by atoms with Crippen LogP contribution in [0.4, 0.5) is 0 Å². The standard InChI is InChI=1S/C20H21ClN2O/c21-16-8-4-7-15(11-16)20(9-10-20)19(24)23-12-17(18(22)13-23)14-5-2-1-3-6-14/h1-8,11,17-18H,9-10,12-13,22H2/t17-,18+/m0/s1. The van der Waals surface area contributed by atoms with E-state index in [0.29, 0.717) is 18.1 Å². The Morgan fingerprint density at radius 2 is 1.83 bits per heavy atom. The van der Waals surface area contributed by atoms with Gasteiger partial charge in [0.25, 0.3) is 0 Å². The Hall–Kier alpha value is -1.84. The average molecular weight is 341 g/mol. The lowest BCUT2D eigenvalue weighted by Gasteiger charge is -2.24. The molecule has 2 aromatic carbocycles. The molecule has 2 atom stereocenters. The number of nitrogens with zero attached hydrogens (tertiary/aromatic N) is 1. The van der Waals surface area contributed by atoms with Crippen LogP contribution < -0.4 is 5.73 Å². The summed E-state index contributed by atoms with van der Waals surface area (Å²) >= 11 is 6.12. The number of amides is 1. The van der Waals surface area contributed by atoms with Gasteiger partial charge in [0.2, 0.25) is 5.91 Å². The van der Waals surface area contributed by atoms with Gasteiger partial charge in [-0.2, -0.15) is 0 Å². The maximum Gasteiger partial charge on any atom is 0.233 e. The third kappa shape index (κ3) is 2.62. The summed E-state index contributed by atoms with van der Waals surface area (Å²) in [6.07, 6.45) is 1.79. The second kappa shape index (κ2) is 5.91. The number of halogens is 1. The number of likely N-dealkylation sites (tertiary alicyclic amines) is 1. The molecule has 1 heterocycles. The van der Waals surface area contributed by atoms with E-state index in [9.17, 15) is 4.79 Å². The van der Waals surface area contributed by atoms with Crippen LogP contribution in [0.1, 0.15) is 29.9 Å². The Kier molecular flexibility index (Phi) is 3.86. The molecule has 1 aliphatic heterocycles. The van der Waals surface area contributed by atoms with Gasteiger partial charge >= 0.3 is 0 Å². The van der Waals surface area contributed by atoms with Gasteiger partial charge < -0.3 is 10.6 Å². The maximum absolute atomic E-state index is 13.2. The molecule has 0 spiro atoms. The lowest BCUT2D eigenvalue weighted by Crippen LogP contribution is -2.39. The molecule has 2 fully saturated rings. The number of benzene rings is 2. The fourth-order valence-corrected chi connectivity index (χ4v) is 4.08. The van der Waals surface area contributed by atoms with Crippen molar-refractivity contribution in [1.82, 2.24) is 4.90 Å². The monoisotopic (exact) mass is 340 g/mol. The summed E-state index contributed by atoms with van der Waals surface area (Å²) < 4.78 is 0. The normalized spacial score (nSPS) is 24.8. The summed E-state index contributed by atoms with van der Waals surface area (Å²) in [5, 5.41) is 0.687. The summed E-state index contributed by atoms with van der Waals surface area (Å²) in [4.78, 5) is 15.1. The van der Waals surface area contributed by atoms with Crippen LogP contribution in [-0.4, -0.2) is 29.9 Å². The molecule has 4 heteroatoms. The molecule has 0 aromatic heterocycles. The van der Waals surface area contributed by atoms with E-state index in [1.54, 1.807) is 0 Å². The van der Waals surface area contributed by atoms with Crippen LogP contribution >= 0.6 is 11.6 Å². The Morgan fingerprint density at radius 1 is 1.08 bits per heavy atom. The number of rotatable bonds is 3. The van der Waals surface area contributed by atoms with E-state index in [1.165, 1.54) is 5.56 Å². The van der Waals surface area contributed by atoms with Gasteiger partial charge in [0.05, 0.1) is 5.41 Å². The summed E-state index contributed by atoms with van der Waals surface area (Å²) in [5.41, 5.74) is 8.23. The first-order chi connectivity index (χ1) is 11.6. The molecule has 1 saturated carbocycles. The first kappa shape index (κ1) is 15.7. The molecule has 2 aromatic rings. The average Bonchev–Trinajstić information content (AvgIpc) is 3.32. The van der Waals surface area contributed by atoms with Crippen LogP contribution in [0.3, 0.4) is 0 Å². The predicted molar refractivity (Wildman–Crippen MR) is 96.1 cm³/mol. The van der Waals surface area contributed by atoms with Crippen molar-refractivity contribution < 1.29 is 4.79 Å². The first-order valence-electron chi connectivity index (χ1n) is 8.46. The molecule has 2 aliphatic rings. The molecular formula is C20H21ClN2O. The number of hydrogen-bond donors (Lipinski definition) is 1.